The van der Waals surface area contributed by atoms with Crippen LogP contribution in [-0.2, 0) is 17.9 Å². The van der Waals surface area contributed by atoms with Crippen LogP contribution in [0, 0.1) is 0 Å². The summed E-state index contributed by atoms with van der Waals surface area (Å²) >= 11 is 7.37. The molecule has 1 amide bonds. The van der Waals surface area contributed by atoms with Gasteiger partial charge >= 0.3 is 0 Å². The third-order valence-corrected chi connectivity index (χ3v) is 6.79. The summed E-state index contributed by atoms with van der Waals surface area (Å²) in [5.41, 5.74) is 7.67. The molecule has 1 aromatic carbocycles. The van der Waals surface area contributed by atoms with E-state index in [1.165, 1.54) is 17.7 Å². The Bertz CT molecular complexity index is 1290. The summed E-state index contributed by atoms with van der Waals surface area (Å²) in [5.74, 6) is 1.43. The van der Waals surface area contributed by atoms with E-state index in [1.54, 1.807) is 6.07 Å². The normalized spacial score (nSPS) is 17.4. The van der Waals surface area contributed by atoms with Crippen molar-refractivity contribution in [2.75, 3.05) is 18.8 Å². The van der Waals surface area contributed by atoms with Gasteiger partial charge in [-0.3, -0.25) is 9.69 Å². The minimum atomic E-state index is -0.297. The first kappa shape index (κ1) is 20.8. The van der Waals surface area contributed by atoms with Crippen LogP contribution in [0.1, 0.15) is 18.4 Å². The minimum absolute atomic E-state index is 0.0586. The Labute approximate surface area is 192 Å². The van der Waals surface area contributed by atoms with Gasteiger partial charge in [0.25, 0.3) is 5.89 Å². The number of thiophene rings is 1. The molecular formula is C21H20ClN7O2S. The molecule has 32 heavy (non-hydrogen) atoms. The second kappa shape index (κ2) is 8.45. The largest absolute Gasteiger partial charge is 0.419 e. The molecule has 5 rings (SSSR count). The summed E-state index contributed by atoms with van der Waals surface area (Å²) in [6.07, 6.45) is 1.45. The predicted molar refractivity (Wildman–Crippen MR) is 122 cm³/mol. The number of piperazine rings is 1. The molecule has 0 unspecified atom stereocenters. The Hall–Kier alpha value is -3.08. The zero-order chi connectivity index (χ0) is 22.2. The number of nitrogens with two attached hydrogens (primary N) is 1. The number of rotatable bonds is 5. The first-order valence-electron chi connectivity index (χ1n) is 10.1. The highest BCUT2D eigenvalue weighted by Crippen LogP contribution is 2.30. The number of carbonyl (C=O) groups is 1. The van der Waals surface area contributed by atoms with Gasteiger partial charge in [0.15, 0.2) is 0 Å². The van der Waals surface area contributed by atoms with Crippen LogP contribution < -0.4 is 5.73 Å². The van der Waals surface area contributed by atoms with Gasteiger partial charge in [-0.25, -0.2) is 9.97 Å². The average molecular weight is 470 g/mol. The van der Waals surface area contributed by atoms with Gasteiger partial charge in [-0.2, -0.15) is 0 Å². The molecule has 0 spiro atoms. The Balaban J connectivity index is 1.25. The molecule has 9 nitrogen and oxygen atoms in total. The zero-order valence-electron chi connectivity index (χ0n) is 17.2. The molecule has 1 aliphatic heterocycles. The molecule has 1 atom stereocenters. The molecule has 4 aromatic rings. The molecule has 0 radical (unpaired) electrons. The molecule has 1 saturated heterocycles. The van der Waals surface area contributed by atoms with E-state index in [-0.39, 0.29) is 11.9 Å². The molecule has 164 valence electrons. The number of hydrogen-bond acceptors (Lipinski definition) is 9. The van der Waals surface area contributed by atoms with Crippen LogP contribution in [0.5, 0.6) is 0 Å². The quantitative estimate of drug-likeness (QED) is 0.474. The van der Waals surface area contributed by atoms with E-state index in [0.29, 0.717) is 48.1 Å². The molecule has 4 heterocycles. The van der Waals surface area contributed by atoms with Crippen LogP contribution in [0.25, 0.3) is 21.7 Å². The fourth-order valence-corrected chi connectivity index (χ4v) is 4.77. The zero-order valence-corrected chi connectivity index (χ0v) is 18.8. The smallest absolute Gasteiger partial charge is 0.257 e. The third kappa shape index (κ3) is 4.04. The number of benzene rings is 1. The van der Waals surface area contributed by atoms with Gasteiger partial charge in [0, 0.05) is 25.0 Å². The van der Waals surface area contributed by atoms with E-state index in [4.69, 9.17) is 21.8 Å². The maximum absolute atomic E-state index is 13.0. The van der Waals surface area contributed by atoms with E-state index in [0.717, 1.165) is 21.3 Å². The van der Waals surface area contributed by atoms with E-state index >= 15 is 0 Å². The van der Waals surface area contributed by atoms with Crippen molar-refractivity contribution in [3.8, 4) is 10.8 Å². The van der Waals surface area contributed by atoms with Gasteiger partial charge in [0.1, 0.15) is 12.1 Å². The molecule has 0 aliphatic carbocycles. The molecule has 3 aromatic heterocycles. The number of nitrogen functional groups attached to an aromatic ring is 1. The van der Waals surface area contributed by atoms with Crippen molar-refractivity contribution in [3.05, 3.63) is 52.4 Å². The highest BCUT2D eigenvalue weighted by molar-refractivity contribution is 7.19. The van der Waals surface area contributed by atoms with Crippen LogP contribution in [-0.4, -0.2) is 55.0 Å². The summed E-state index contributed by atoms with van der Waals surface area (Å²) in [6, 6.07) is 9.16. The number of carbonyl (C=O) groups excluding carboxylic acids is 1. The van der Waals surface area contributed by atoms with E-state index < -0.39 is 0 Å². The number of aromatic nitrogens is 4. The van der Waals surface area contributed by atoms with Gasteiger partial charge in [0.2, 0.25) is 11.8 Å². The molecular weight excluding hydrogens is 450 g/mol. The predicted octanol–water partition coefficient (Wildman–Crippen LogP) is 3.21. The van der Waals surface area contributed by atoms with Crippen LogP contribution >= 0.6 is 22.9 Å². The summed E-state index contributed by atoms with van der Waals surface area (Å²) in [4.78, 5) is 26.1. The molecule has 11 heteroatoms. The number of halogens is 1. The van der Waals surface area contributed by atoms with Crippen LogP contribution in [0.15, 0.2) is 41.1 Å². The molecule has 1 aliphatic rings. The van der Waals surface area contributed by atoms with Crippen molar-refractivity contribution >= 4 is 45.6 Å². The monoisotopic (exact) mass is 469 g/mol. The fraction of sp³-hybridized carbons (Fsp3) is 0.286. The first-order chi connectivity index (χ1) is 15.5. The standard InChI is InChI=1S/C21H20ClN7O2S/c1-12-21(30)29(9-13-2-3-14-15(8-13)24-11-25-19(14)23)7-6-28(12)10-18-26-27-20(31-18)16-4-5-17(22)32-16/h2-5,8,11-12H,6-7,9-10H2,1H3,(H2,23,24,25)/t12-/m0/s1. The van der Waals surface area contributed by atoms with Crippen LogP contribution in [0.3, 0.4) is 0 Å². The van der Waals surface area contributed by atoms with Gasteiger partial charge in [-0.1, -0.05) is 17.7 Å². The Morgan fingerprint density at radius 2 is 2.06 bits per heavy atom. The minimum Gasteiger partial charge on any atom is -0.419 e. The number of amides is 1. The summed E-state index contributed by atoms with van der Waals surface area (Å²) in [7, 11) is 0. The average Bonchev–Trinajstić information content (AvgIpc) is 3.42. The molecule has 1 fully saturated rings. The Morgan fingerprint density at radius 3 is 2.88 bits per heavy atom. The summed E-state index contributed by atoms with van der Waals surface area (Å²) < 4.78 is 6.45. The van der Waals surface area contributed by atoms with Gasteiger partial charge in [-0.15, -0.1) is 21.5 Å². The lowest BCUT2D eigenvalue weighted by Gasteiger charge is -2.38. The molecule has 0 saturated carbocycles. The second-order valence-corrected chi connectivity index (χ2v) is 9.34. The number of nitrogens with zero attached hydrogens (tertiary/aromatic N) is 6. The van der Waals surface area contributed by atoms with Crippen molar-refractivity contribution in [3.63, 3.8) is 0 Å². The van der Waals surface area contributed by atoms with Crippen molar-refractivity contribution in [1.82, 2.24) is 30.0 Å². The summed E-state index contributed by atoms with van der Waals surface area (Å²) in [5, 5.41) is 9.05. The van der Waals surface area contributed by atoms with Crippen LogP contribution in [0.4, 0.5) is 5.82 Å². The lowest BCUT2D eigenvalue weighted by molar-refractivity contribution is -0.142. The van der Waals surface area contributed by atoms with Crippen molar-refractivity contribution in [1.29, 1.82) is 0 Å². The topological polar surface area (TPSA) is 114 Å². The van der Waals surface area contributed by atoms with Gasteiger partial charge < -0.3 is 15.1 Å². The summed E-state index contributed by atoms with van der Waals surface area (Å²) in [6.45, 7) is 4.14. The maximum Gasteiger partial charge on any atom is 0.257 e. The molecule has 0 bridgehead atoms. The van der Waals surface area contributed by atoms with E-state index in [9.17, 15) is 4.79 Å². The number of fused-ring (bicyclic) bond motifs is 1. The fourth-order valence-electron chi connectivity index (χ4n) is 3.81. The number of anilines is 1. The van der Waals surface area contributed by atoms with Crippen molar-refractivity contribution in [2.45, 2.75) is 26.1 Å². The lowest BCUT2D eigenvalue weighted by atomic mass is 10.1. The maximum atomic E-state index is 13.0. The highest BCUT2D eigenvalue weighted by Gasteiger charge is 2.32. The lowest BCUT2D eigenvalue weighted by Crippen LogP contribution is -2.54. The van der Waals surface area contributed by atoms with Gasteiger partial charge in [0.05, 0.1) is 27.3 Å². The van der Waals surface area contributed by atoms with E-state index in [2.05, 4.69) is 20.2 Å². The van der Waals surface area contributed by atoms with Crippen LogP contribution in [0.2, 0.25) is 4.34 Å². The number of hydrogen-bond donors (Lipinski definition) is 1. The van der Waals surface area contributed by atoms with Crippen molar-refractivity contribution < 1.29 is 9.21 Å². The van der Waals surface area contributed by atoms with E-state index in [1.807, 2.05) is 41.0 Å². The Kier molecular flexibility index (Phi) is 5.50. The Morgan fingerprint density at radius 1 is 1.19 bits per heavy atom. The molecule has 2 N–H and O–H groups in total. The SMILES string of the molecule is C[C@H]1C(=O)N(Cc2ccc3c(N)ncnc3c2)CCN1Cc1nnc(-c2ccc(Cl)s2)o1. The van der Waals surface area contributed by atoms with Gasteiger partial charge in [-0.05, 0) is 36.8 Å². The highest BCUT2D eigenvalue weighted by atomic mass is 35.5. The third-order valence-electron chi connectivity index (χ3n) is 5.57. The first-order valence-corrected chi connectivity index (χ1v) is 11.3. The second-order valence-electron chi connectivity index (χ2n) is 7.62. The van der Waals surface area contributed by atoms with Crippen molar-refractivity contribution in [2.24, 2.45) is 0 Å².